The maximum absolute atomic E-state index is 13.8. The molecule has 1 unspecified atom stereocenters. The molecule has 106 valence electrons. The molecular formula is C16H20FN3. The molecule has 3 nitrogen and oxygen atoms in total. The van der Waals surface area contributed by atoms with Crippen molar-refractivity contribution in [2.45, 2.75) is 19.9 Å². The third kappa shape index (κ3) is 2.41. The van der Waals surface area contributed by atoms with E-state index in [9.17, 15) is 4.39 Å². The molecule has 2 heterocycles. The summed E-state index contributed by atoms with van der Waals surface area (Å²) in [6.07, 6.45) is 2.84. The van der Waals surface area contributed by atoms with Crippen LogP contribution in [0.1, 0.15) is 18.9 Å². The lowest BCUT2D eigenvalue weighted by molar-refractivity contribution is 0.275. The van der Waals surface area contributed by atoms with Crippen molar-refractivity contribution in [1.82, 2.24) is 9.88 Å². The Morgan fingerprint density at radius 1 is 1.40 bits per heavy atom. The van der Waals surface area contributed by atoms with Gasteiger partial charge in [0.15, 0.2) is 0 Å². The first-order chi connectivity index (χ1) is 9.61. The van der Waals surface area contributed by atoms with E-state index in [0.717, 1.165) is 37.1 Å². The average molecular weight is 273 g/mol. The number of likely N-dealkylation sites (tertiary alicyclic amines) is 1. The maximum atomic E-state index is 13.8. The summed E-state index contributed by atoms with van der Waals surface area (Å²) in [6.45, 7) is 5.79. The van der Waals surface area contributed by atoms with E-state index in [-0.39, 0.29) is 11.2 Å². The lowest BCUT2D eigenvalue weighted by atomic mass is 9.90. The summed E-state index contributed by atoms with van der Waals surface area (Å²) in [5.41, 5.74) is 7.92. The van der Waals surface area contributed by atoms with Gasteiger partial charge >= 0.3 is 0 Å². The van der Waals surface area contributed by atoms with E-state index in [0.29, 0.717) is 11.9 Å². The quantitative estimate of drug-likeness (QED) is 0.934. The highest BCUT2D eigenvalue weighted by molar-refractivity contribution is 5.82. The van der Waals surface area contributed by atoms with Crippen molar-refractivity contribution in [2.24, 2.45) is 11.1 Å². The molecule has 0 bridgehead atoms. The molecule has 20 heavy (non-hydrogen) atoms. The lowest BCUT2D eigenvalue weighted by Gasteiger charge is -2.22. The molecule has 1 fully saturated rings. The fraction of sp³-hybridized carbons (Fsp3) is 0.438. The fourth-order valence-corrected chi connectivity index (χ4v) is 2.99. The van der Waals surface area contributed by atoms with Gasteiger partial charge in [-0.25, -0.2) is 4.39 Å². The molecule has 1 atom stereocenters. The normalized spacial score (nSPS) is 23.6. The smallest absolute Gasteiger partial charge is 0.132 e. The summed E-state index contributed by atoms with van der Waals surface area (Å²) >= 11 is 0. The first-order valence-electron chi connectivity index (χ1n) is 7.06. The van der Waals surface area contributed by atoms with Crippen molar-refractivity contribution in [3.63, 3.8) is 0 Å². The molecule has 1 aliphatic rings. The van der Waals surface area contributed by atoms with Crippen LogP contribution in [0.25, 0.3) is 10.9 Å². The van der Waals surface area contributed by atoms with E-state index in [1.165, 1.54) is 6.07 Å². The van der Waals surface area contributed by atoms with E-state index in [2.05, 4.69) is 16.8 Å². The predicted octanol–water partition coefficient (Wildman–Crippen LogP) is 2.54. The van der Waals surface area contributed by atoms with Gasteiger partial charge in [0.05, 0.1) is 5.52 Å². The largest absolute Gasteiger partial charge is 0.330 e. The van der Waals surface area contributed by atoms with Crippen molar-refractivity contribution >= 4 is 10.9 Å². The zero-order valence-corrected chi connectivity index (χ0v) is 11.8. The van der Waals surface area contributed by atoms with Crippen LogP contribution < -0.4 is 5.73 Å². The van der Waals surface area contributed by atoms with Crippen LogP contribution in [0.4, 0.5) is 4.39 Å². The fourth-order valence-electron chi connectivity index (χ4n) is 2.99. The van der Waals surface area contributed by atoms with Crippen molar-refractivity contribution in [3.8, 4) is 0 Å². The molecule has 3 rings (SSSR count). The van der Waals surface area contributed by atoms with E-state index >= 15 is 0 Å². The van der Waals surface area contributed by atoms with Crippen LogP contribution >= 0.6 is 0 Å². The highest BCUT2D eigenvalue weighted by Gasteiger charge is 2.32. The van der Waals surface area contributed by atoms with Gasteiger partial charge in [-0.05, 0) is 48.7 Å². The minimum atomic E-state index is -0.204. The molecule has 0 spiro atoms. The van der Waals surface area contributed by atoms with Gasteiger partial charge in [0, 0.05) is 24.7 Å². The Morgan fingerprint density at radius 2 is 2.25 bits per heavy atom. The van der Waals surface area contributed by atoms with Gasteiger partial charge in [0.2, 0.25) is 0 Å². The molecule has 1 aliphatic heterocycles. The van der Waals surface area contributed by atoms with Crippen molar-refractivity contribution in [1.29, 1.82) is 0 Å². The molecule has 1 aromatic heterocycles. The minimum Gasteiger partial charge on any atom is -0.330 e. The van der Waals surface area contributed by atoms with E-state index in [1.54, 1.807) is 18.3 Å². The van der Waals surface area contributed by atoms with E-state index < -0.39 is 0 Å². The van der Waals surface area contributed by atoms with Crippen molar-refractivity contribution in [3.05, 3.63) is 41.8 Å². The lowest BCUT2D eigenvalue weighted by Crippen LogP contribution is -2.31. The maximum Gasteiger partial charge on any atom is 0.132 e. The number of nitrogens with zero attached hydrogens (tertiary/aromatic N) is 2. The van der Waals surface area contributed by atoms with Crippen LogP contribution in [-0.4, -0.2) is 29.5 Å². The topological polar surface area (TPSA) is 42.1 Å². The number of hydrogen-bond acceptors (Lipinski definition) is 3. The first-order valence-corrected chi connectivity index (χ1v) is 7.06. The Labute approximate surface area is 118 Å². The SMILES string of the molecule is CC1(CN)CCN(Cc2ccc(F)c3cccnc23)C1. The standard InChI is InChI=1S/C16H20FN3/c1-16(10-18)6-8-20(11-16)9-12-4-5-14(17)13-3-2-7-19-15(12)13/h2-5,7H,6,8-11,18H2,1H3. The third-order valence-electron chi connectivity index (χ3n) is 4.32. The number of aromatic nitrogens is 1. The zero-order chi connectivity index (χ0) is 14.2. The molecule has 0 amide bonds. The number of fused-ring (bicyclic) bond motifs is 1. The van der Waals surface area contributed by atoms with Gasteiger partial charge in [0.25, 0.3) is 0 Å². The van der Waals surface area contributed by atoms with Crippen LogP contribution in [0.5, 0.6) is 0 Å². The molecule has 1 aromatic carbocycles. The predicted molar refractivity (Wildman–Crippen MR) is 78.8 cm³/mol. The molecule has 1 saturated heterocycles. The number of hydrogen-bond donors (Lipinski definition) is 1. The van der Waals surface area contributed by atoms with Crippen LogP contribution in [0.2, 0.25) is 0 Å². The summed E-state index contributed by atoms with van der Waals surface area (Å²) in [4.78, 5) is 6.73. The highest BCUT2D eigenvalue weighted by atomic mass is 19.1. The summed E-state index contributed by atoms with van der Waals surface area (Å²) in [5.74, 6) is -0.204. The van der Waals surface area contributed by atoms with Gasteiger partial charge in [-0.15, -0.1) is 0 Å². The van der Waals surface area contributed by atoms with E-state index in [4.69, 9.17) is 5.73 Å². The molecule has 2 N–H and O–H groups in total. The molecule has 0 radical (unpaired) electrons. The number of nitrogens with two attached hydrogens (primary N) is 1. The van der Waals surface area contributed by atoms with Crippen LogP contribution in [0.3, 0.4) is 0 Å². The van der Waals surface area contributed by atoms with Crippen molar-refractivity contribution < 1.29 is 4.39 Å². The number of rotatable bonds is 3. The Hall–Kier alpha value is -1.52. The highest BCUT2D eigenvalue weighted by Crippen LogP contribution is 2.30. The van der Waals surface area contributed by atoms with Gasteiger partial charge in [0.1, 0.15) is 5.82 Å². The monoisotopic (exact) mass is 273 g/mol. The van der Waals surface area contributed by atoms with E-state index in [1.807, 2.05) is 6.07 Å². The minimum absolute atomic E-state index is 0.204. The molecule has 2 aromatic rings. The second-order valence-electron chi connectivity index (χ2n) is 6.08. The summed E-state index contributed by atoms with van der Waals surface area (Å²) in [6, 6.07) is 6.95. The summed E-state index contributed by atoms with van der Waals surface area (Å²) in [5, 5.41) is 0.603. The summed E-state index contributed by atoms with van der Waals surface area (Å²) < 4.78 is 13.8. The second kappa shape index (κ2) is 5.11. The molecular weight excluding hydrogens is 253 g/mol. The van der Waals surface area contributed by atoms with Gasteiger partial charge < -0.3 is 5.73 Å². The second-order valence-corrected chi connectivity index (χ2v) is 6.08. The van der Waals surface area contributed by atoms with Crippen LogP contribution in [0, 0.1) is 11.2 Å². The van der Waals surface area contributed by atoms with Crippen LogP contribution in [0.15, 0.2) is 30.5 Å². The Balaban J connectivity index is 1.87. The zero-order valence-electron chi connectivity index (χ0n) is 11.8. The number of benzene rings is 1. The third-order valence-corrected chi connectivity index (χ3v) is 4.32. The number of pyridine rings is 1. The van der Waals surface area contributed by atoms with Crippen molar-refractivity contribution in [2.75, 3.05) is 19.6 Å². The van der Waals surface area contributed by atoms with Crippen LogP contribution in [-0.2, 0) is 6.54 Å². The average Bonchev–Trinajstić information content (AvgIpc) is 2.85. The Bertz CT molecular complexity index is 628. The number of halogens is 1. The molecule has 4 heteroatoms. The molecule has 0 saturated carbocycles. The Morgan fingerprint density at radius 3 is 3.00 bits per heavy atom. The van der Waals surface area contributed by atoms with Gasteiger partial charge in [-0.3, -0.25) is 9.88 Å². The van der Waals surface area contributed by atoms with Gasteiger partial charge in [-0.2, -0.15) is 0 Å². The first kappa shape index (κ1) is 13.5. The summed E-state index contributed by atoms with van der Waals surface area (Å²) in [7, 11) is 0. The Kier molecular flexibility index (Phi) is 3.44. The van der Waals surface area contributed by atoms with Gasteiger partial charge in [-0.1, -0.05) is 13.0 Å². The molecule has 0 aliphatic carbocycles.